The molecule has 10 nitrogen and oxygen atoms in total. The Kier molecular flexibility index (Phi) is 4.28. The van der Waals surface area contributed by atoms with Crippen molar-refractivity contribution in [2.45, 2.75) is 19.4 Å². The number of hydrogen-bond acceptors (Lipinski definition) is 7. The van der Waals surface area contributed by atoms with E-state index in [2.05, 4.69) is 25.1 Å². The van der Waals surface area contributed by atoms with Crippen LogP contribution in [0, 0.1) is 12.7 Å². The SMILES string of the molecule is Cc1cccn2nc(C3c4nc[nH]c4CCN3C(=O)c3nnc(-c4ccc(F)cn4)o3)cc12. The summed E-state index contributed by atoms with van der Waals surface area (Å²) in [6.45, 7) is 2.42. The molecule has 1 aliphatic rings. The van der Waals surface area contributed by atoms with Crippen LogP contribution in [0.25, 0.3) is 17.1 Å². The Morgan fingerprint density at radius 2 is 2.15 bits per heavy atom. The summed E-state index contributed by atoms with van der Waals surface area (Å²) in [5.41, 5.74) is 4.68. The summed E-state index contributed by atoms with van der Waals surface area (Å²) in [6, 6.07) is 8.02. The first-order chi connectivity index (χ1) is 16.1. The van der Waals surface area contributed by atoms with Crippen molar-refractivity contribution in [1.29, 1.82) is 0 Å². The average molecular weight is 444 g/mol. The molecule has 11 heteroatoms. The van der Waals surface area contributed by atoms with E-state index in [1.54, 1.807) is 15.7 Å². The average Bonchev–Trinajstić information content (AvgIpc) is 3.57. The monoisotopic (exact) mass is 444 g/mol. The molecule has 0 saturated carbocycles. The fourth-order valence-electron chi connectivity index (χ4n) is 4.14. The number of amides is 1. The highest BCUT2D eigenvalue weighted by Gasteiger charge is 2.38. The van der Waals surface area contributed by atoms with Gasteiger partial charge in [-0.15, -0.1) is 10.2 Å². The molecule has 6 heterocycles. The maximum absolute atomic E-state index is 13.5. The van der Waals surface area contributed by atoms with Crippen LogP contribution in [0.3, 0.4) is 0 Å². The number of fused-ring (bicyclic) bond motifs is 2. The van der Waals surface area contributed by atoms with Crippen LogP contribution in [-0.4, -0.2) is 52.1 Å². The van der Waals surface area contributed by atoms with E-state index < -0.39 is 17.8 Å². The van der Waals surface area contributed by atoms with Crippen LogP contribution in [-0.2, 0) is 6.42 Å². The van der Waals surface area contributed by atoms with Crippen LogP contribution >= 0.6 is 0 Å². The number of carbonyl (C=O) groups is 1. The van der Waals surface area contributed by atoms with Gasteiger partial charge in [0.2, 0.25) is 0 Å². The quantitative estimate of drug-likeness (QED) is 0.455. The second-order valence-electron chi connectivity index (χ2n) is 7.78. The lowest BCUT2D eigenvalue weighted by molar-refractivity contribution is 0.0646. The Morgan fingerprint density at radius 1 is 1.24 bits per heavy atom. The third-order valence-electron chi connectivity index (χ3n) is 5.75. The minimum atomic E-state index is -0.522. The highest BCUT2D eigenvalue weighted by atomic mass is 19.1. The lowest BCUT2D eigenvalue weighted by Crippen LogP contribution is -2.41. The zero-order chi connectivity index (χ0) is 22.5. The molecule has 5 aromatic rings. The van der Waals surface area contributed by atoms with Gasteiger partial charge >= 0.3 is 11.8 Å². The van der Waals surface area contributed by atoms with Crippen LogP contribution in [0.15, 0.2) is 53.5 Å². The maximum Gasteiger partial charge on any atom is 0.312 e. The second kappa shape index (κ2) is 7.33. The number of aromatic nitrogens is 7. The molecular weight excluding hydrogens is 427 g/mol. The van der Waals surface area contributed by atoms with Crippen molar-refractivity contribution >= 4 is 11.4 Å². The molecule has 1 aliphatic heterocycles. The van der Waals surface area contributed by atoms with Crippen molar-refractivity contribution in [3.8, 4) is 11.6 Å². The fraction of sp³-hybridized carbons (Fsp3) is 0.182. The van der Waals surface area contributed by atoms with Gasteiger partial charge in [0.1, 0.15) is 17.6 Å². The van der Waals surface area contributed by atoms with E-state index in [0.717, 1.165) is 28.7 Å². The van der Waals surface area contributed by atoms with Crippen LogP contribution in [0.2, 0.25) is 0 Å². The minimum absolute atomic E-state index is 0.0377. The molecule has 1 amide bonds. The summed E-state index contributed by atoms with van der Waals surface area (Å²) in [5.74, 6) is -1.07. The highest BCUT2D eigenvalue weighted by Crippen LogP contribution is 2.34. The van der Waals surface area contributed by atoms with Gasteiger partial charge in [0.25, 0.3) is 5.89 Å². The van der Waals surface area contributed by atoms with E-state index in [9.17, 15) is 9.18 Å². The number of aromatic amines is 1. The summed E-state index contributed by atoms with van der Waals surface area (Å²) in [5, 5.41) is 12.6. The van der Waals surface area contributed by atoms with Gasteiger partial charge in [-0.2, -0.15) is 5.10 Å². The number of rotatable bonds is 3. The van der Waals surface area contributed by atoms with E-state index in [-0.39, 0.29) is 17.5 Å². The van der Waals surface area contributed by atoms with Gasteiger partial charge in [-0.3, -0.25) is 4.79 Å². The molecule has 33 heavy (non-hydrogen) atoms. The molecule has 6 rings (SSSR count). The zero-order valence-corrected chi connectivity index (χ0v) is 17.4. The number of halogens is 1. The molecule has 0 aromatic carbocycles. The van der Waals surface area contributed by atoms with Crippen molar-refractivity contribution in [3.63, 3.8) is 0 Å². The topological polar surface area (TPSA) is 118 Å². The summed E-state index contributed by atoms with van der Waals surface area (Å²) >= 11 is 0. The number of aryl methyl sites for hydroxylation is 1. The third kappa shape index (κ3) is 3.16. The fourth-order valence-corrected chi connectivity index (χ4v) is 4.14. The first-order valence-electron chi connectivity index (χ1n) is 10.3. The predicted octanol–water partition coefficient (Wildman–Crippen LogP) is 2.74. The van der Waals surface area contributed by atoms with Crippen molar-refractivity contribution in [1.82, 2.24) is 39.7 Å². The van der Waals surface area contributed by atoms with Gasteiger partial charge in [-0.05, 0) is 36.8 Å². The van der Waals surface area contributed by atoms with E-state index >= 15 is 0 Å². The molecule has 0 bridgehead atoms. The molecular formula is C22H17FN8O2. The molecule has 0 fully saturated rings. The number of carbonyl (C=O) groups excluding carboxylic acids is 1. The third-order valence-corrected chi connectivity index (χ3v) is 5.75. The molecule has 1 unspecified atom stereocenters. The first-order valence-corrected chi connectivity index (χ1v) is 10.3. The normalized spacial score (nSPS) is 15.7. The lowest BCUT2D eigenvalue weighted by Gasteiger charge is -2.32. The lowest BCUT2D eigenvalue weighted by atomic mass is 9.99. The molecule has 5 aromatic heterocycles. The van der Waals surface area contributed by atoms with Gasteiger partial charge in [-0.25, -0.2) is 18.9 Å². The summed E-state index contributed by atoms with van der Waals surface area (Å²) < 4.78 is 20.6. The first kappa shape index (κ1) is 19.3. The Morgan fingerprint density at radius 3 is 2.97 bits per heavy atom. The van der Waals surface area contributed by atoms with Gasteiger partial charge in [-0.1, -0.05) is 6.07 Å². The number of nitrogens with one attached hydrogen (secondary N) is 1. The molecule has 0 aliphatic carbocycles. The minimum Gasteiger partial charge on any atom is -0.411 e. The van der Waals surface area contributed by atoms with Crippen molar-refractivity contribution < 1.29 is 13.6 Å². The van der Waals surface area contributed by atoms with Gasteiger partial charge in [0.05, 0.1) is 29.4 Å². The molecule has 0 spiro atoms. The zero-order valence-electron chi connectivity index (χ0n) is 17.4. The maximum atomic E-state index is 13.5. The Balaban J connectivity index is 1.40. The molecule has 0 saturated heterocycles. The number of imidazole rings is 1. The predicted molar refractivity (Wildman–Crippen MR) is 113 cm³/mol. The van der Waals surface area contributed by atoms with E-state index in [1.165, 1.54) is 12.1 Å². The van der Waals surface area contributed by atoms with Crippen LogP contribution in [0.1, 0.15) is 39.4 Å². The molecule has 1 N–H and O–H groups in total. The largest absolute Gasteiger partial charge is 0.411 e. The molecule has 1 atom stereocenters. The van der Waals surface area contributed by atoms with Gasteiger partial charge in [0, 0.05) is 24.9 Å². The molecule has 164 valence electrons. The number of nitrogens with zero attached hydrogens (tertiary/aromatic N) is 7. The van der Waals surface area contributed by atoms with Crippen molar-refractivity contribution in [3.05, 3.63) is 83.4 Å². The van der Waals surface area contributed by atoms with Crippen LogP contribution < -0.4 is 0 Å². The second-order valence-corrected chi connectivity index (χ2v) is 7.78. The van der Waals surface area contributed by atoms with Gasteiger partial charge < -0.3 is 14.3 Å². The van der Waals surface area contributed by atoms with Gasteiger partial charge in [0.15, 0.2) is 0 Å². The van der Waals surface area contributed by atoms with E-state index in [1.807, 2.05) is 31.3 Å². The number of hydrogen-bond donors (Lipinski definition) is 1. The van der Waals surface area contributed by atoms with E-state index in [4.69, 9.17) is 9.52 Å². The summed E-state index contributed by atoms with van der Waals surface area (Å²) in [7, 11) is 0. The number of pyridine rings is 2. The standard InChI is InChI=1S/C22H17FN8O2/c1-12-3-2-7-31-17(12)9-16(29-31)19-18-14(25-11-26-18)6-8-30(19)22(32)21-28-27-20(33-21)15-5-4-13(23)10-24-15/h2-5,7,9-11,19H,6,8H2,1H3,(H,25,26). The summed E-state index contributed by atoms with van der Waals surface area (Å²) in [6.07, 6.45) is 5.14. The Labute approximate surface area is 186 Å². The van der Waals surface area contributed by atoms with Crippen LogP contribution in [0.4, 0.5) is 4.39 Å². The van der Waals surface area contributed by atoms with Crippen molar-refractivity contribution in [2.75, 3.05) is 6.54 Å². The number of H-pyrrole nitrogens is 1. The Bertz CT molecular complexity index is 1490. The van der Waals surface area contributed by atoms with Crippen LogP contribution in [0.5, 0.6) is 0 Å². The van der Waals surface area contributed by atoms with Crippen molar-refractivity contribution in [2.24, 2.45) is 0 Å². The van der Waals surface area contributed by atoms with E-state index in [0.29, 0.717) is 18.7 Å². The smallest absolute Gasteiger partial charge is 0.312 e. The Hall–Kier alpha value is -4.41. The summed E-state index contributed by atoms with van der Waals surface area (Å²) in [4.78, 5) is 26.7. The highest BCUT2D eigenvalue weighted by molar-refractivity contribution is 5.90. The molecule has 0 radical (unpaired) electrons.